The monoisotopic (exact) mass is 1820 g/mol. The van der Waals surface area contributed by atoms with Crippen LogP contribution in [0.5, 0.6) is 5.75 Å². The van der Waals surface area contributed by atoms with Gasteiger partial charge in [-0.05, 0) is 158 Å². The molecule has 5 aromatic rings. The Hall–Kier alpha value is -8.21. The van der Waals surface area contributed by atoms with Crippen LogP contribution in [0.2, 0.25) is 0 Å². The third kappa shape index (κ3) is 30.7. The van der Waals surface area contributed by atoms with Gasteiger partial charge in [0, 0.05) is 101 Å². The van der Waals surface area contributed by atoms with Crippen molar-refractivity contribution in [2.75, 3.05) is 160 Å². The molecule has 3 aliphatic heterocycles. The van der Waals surface area contributed by atoms with E-state index in [0.29, 0.717) is 206 Å². The molecule has 10 rings (SSSR count). The van der Waals surface area contributed by atoms with Crippen LogP contribution in [-0.2, 0) is 108 Å². The number of carbonyl (C=O) groups is 6. The van der Waals surface area contributed by atoms with E-state index in [4.69, 9.17) is 87.5 Å². The van der Waals surface area contributed by atoms with Gasteiger partial charge in [0.2, 0.25) is 11.7 Å². The molecular formula is C95H144N12O23. The molecular weight excluding hydrogens is 1680 g/mol. The molecule has 2 bridgehead atoms. The van der Waals surface area contributed by atoms with E-state index in [0.717, 1.165) is 84.4 Å². The highest BCUT2D eigenvalue weighted by Gasteiger charge is 2.53. The molecule has 1 aromatic carbocycles. The lowest BCUT2D eigenvalue weighted by atomic mass is 9.80. The van der Waals surface area contributed by atoms with Gasteiger partial charge in [0.25, 0.3) is 11.7 Å². The maximum Gasteiger partial charge on any atom is 0.329 e. The molecule has 722 valence electrons. The molecule has 2 amide bonds. The number of benzene rings is 1. The molecule has 35 nitrogen and oxygen atoms in total. The van der Waals surface area contributed by atoms with Crippen molar-refractivity contribution in [1.82, 2.24) is 49.8 Å². The van der Waals surface area contributed by atoms with Crippen LogP contribution in [0.15, 0.2) is 84.4 Å². The predicted octanol–water partition coefficient (Wildman–Crippen LogP) is 8.91. The number of allylic oxidation sites excluding steroid dienone is 6. The summed E-state index contributed by atoms with van der Waals surface area (Å²) in [4.78, 5) is 99.3. The summed E-state index contributed by atoms with van der Waals surface area (Å²) in [5.74, 6) is -6.35. The first-order valence-electron chi connectivity index (χ1n) is 46.7. The fourth-order valence-electron chi connectivity index (χ4n) is 17.9. The number of nitrogen functional groups attached to an aromatic ring is 1. The first-order valence-corrected chi connectivity index (χ1v) is 46.7. The number of aliphatic hydroxyl groups is 2. The number of anilines is 1. The van der Waals surface area contributed by atoms with Gasteiger partial charge in [0.15, 0.2) is 11.6 Å². The number of piperidine rings is 1. The van der Waals surface area contributed by atoms with Crippen molar-refractivity contribution in [3.63, 3.8) is 0 Å². The van der Waals surface area contributed by atoms with Gasteiger partial charge < -0.3 is 108 Å². The fourth-order valence-corrected chi connectivity index (χ4v) is 17.9. The average Bonchev–Trinajstić information content (AvgIpc) is 1.60. The number of carbonyl (C=O) groups excluding carboxylic acids is 6. The number of amides is 2. The summed E-state index contributed by atoms with van der Waals surface area (Å²) < 4.78 is 91.0. The lowest BCUT2D eigenvalue weighted by molar-refractivity contribution is -0.265. The standard InChI is InChI=1S/C95H144N12O23/c1-62-19-12-11-13-20-63(2)80(117-8)58-73-31-25-67(6)95(115,130-73)89(111)93(113)106-34-16-14-23-76(106)94(114)129-81(59-77(108)64(3)54-66(5)87(110)88(119-10)86(109)65(4)53-62)74(96)55-68-26-32-78(82(56-68)118-9)128-36-17-15-22-72-60-105(104-103-72)35-38-121-40-42-123-44-46-125-48-50-127-52-51-126-49-47-124-45-43-122-41-39-120-37-33-98-92(112)70-29-27-69(28-30-70)91-102-84(85-90(97)99-61-100-107(85)91)75-57-71-21-18-24-79(116-7)83(71)101-75/h11-13,18-21,24,54,57,60-62,64-65,67-70,73-74,76,78,80-82,87-88,101,110,115H,14-17,22-23,25-53,55-56,58-59,96H2,1-10H3,(H,98,112)(H2,97,99,100)/b13-11+,19-12+,63-20+,66-54+/t62-,64-,65-,67-,68+,69?,70?,73+,74-,76+,78-,80+,81+,82-,87-,88+,95-/m1/s1. The lowest BCUT2D eigenvalue weighted by Crippen LogP contribution is -2.61. The second kappa shape index (κ2) is 54.2. The molecule has 2 aliphatic carbocycles. The zero-order valence-electron chi connectivity index (χ0n) is 77.9. The van der Waals surface area contributed by atoms with Crippen molar-refractivity contribution < 1.29 is 110 Å². The topological polar surface area (TPSA) is 438 Å². The van der Waals surface area contributed by atoms with Crippen molar-refractivity contribution in [1.29, 1.82) is 0 Å². The molecule has 4 fully saturated rings. The van der Waals surface area contributed by atoms with Crippen molar-refractivity contribution in [3.8, 4) is 17.1 Å². The fraction of sp³-hybridized carbons (Fsp3) is 0.695. The van der Waals surface area contributed by atoms with Crippen LogP contribution < -0.4 is 21.5 Å². The number of para-hydroxylation sites is 1. The largest absolute Gasteiger partial charge is 0.495 e. The van der Waals surface area contributed by atoms with E-state index in [9.17, 15) is 39.0 Å². The van der Waals surface area contributed by atoms with Crippen LogP contribution in [0, 0.1) is 35.5 Å². The number of H-pyrrole nitrogens is 1. The van der Waals surface area contributed by atoms with Gasteiger partial charge in [-0.2, -0.15) is 5.10 Å². The molecule has 8 N–H and O–H groups in total. The Morgan fingerprint density at radius 2 is 1.41 bits per heavy atom. The number of unbranched alkanes of at least 4 members (excludes halogenated alkanes) is 1. The number of aromatic nitrogens is 8. The second-order valence-electron chi connectivity index (χ2n) is 35.1. The third-order valence-corrected chi connectivity index (χ3v) is 25.6. The number of nitrogens with two attached hydrogens (primary N) is 2. The minimum Gasteiger partial charge on any atom is -0.495 e. The molecule has 7 heterocycles. The number of rotatable bonds is 43. The van der Waals surface area contributed by atoms with E-state index in [1.165, 1.54) is 18.3 Å². The van der Waals surface area contributed by atoms with Crippen molar-refractivity contribution in [2.45, 2.75) is 237 Å². The van der Waals surface area contributed by atoms with Crippen molar-refractivity contribution in [3.05, 3.63) is 95.9 Å². The van der Waals surface area contributed by atoms with Gasteiger partial charge in [-0.3, -0.25) is 24.0 Å². The number of ether oxygens (including phenoxy) is 15. The Bertz CT molecular complexity index is 4450. The lowest BCUT2D eigenvalue weighted by Gasteiger charge is -2.42. The molecule has 0 unspecified atom stereocenters. The van der Waals surface area contributed by atoms with Gasteiger partial charge >= 0.3 is 5.97 Å². The van der Waals surface area contributed by atoms with Crippen LogP contribution >= 0.6 is 0 Å². The smallest absolute Gasteiger partial charge is 0.329 e. The van der Waals surface area contributed by atoms with E-state index < -0.39 is 83.8 Å². The molecule has 4 aromatic heterocycles. The molecule has 15 atom stereocenters. The van der Waals surface area contributed by atoms with Gasteiger partial charge in [-0.1, -0.05) is 81.5 Å². The normalized spacial score (nSPS) is 28.0. The van der Waals surface area contributed by atoms with E-state index in [1.807, 2.05) is 81.6 Å². The number of aliphatic hydroxyl groups excluding tert-OH is 1. The summed E-state index contributed by atoms with van der Waals surface area (Å²) >= 11 is 0. The Morgan fingerprint density at radius 1 is 0.731 bits per heavy atom. The van der Waals surface area contributed by atoms with E-state index in [-0.39, 0.29) is 79.2 Å². The second-order valence-corrected chi connectivity index (χ2v) is 35.1. The summed E-state index contributed by atoms with van der Waals surface area (Å²) in [5.41, 5.74) is 18.6. The van der Waals surface area contributed by atoms with Crippen LogP contribution in [-0.4, -0.2) is 304 Å². The van der Waals surface area contributed by atoms with E-state index in [2.05, 4.69) is 30.7 Å². The maximum absolute atomic E-state index is 14.7. The molecule has 0 radical (unpaired) electrons. The summed E-state index contributed by atoms with van der Waals surface area (Å²) in [6.45, 7) is 19.0. The molecule has 2 saturated carbocycles. The number of nitrogens with zero attached hydrogens (tertiary/aromatic N) is 8. The highest BCUT2D eigenvalue weighted by Crippen LogP contribution is 2.42. The van der Waals surface area contributed by atoms with Gasteiger partial charge in [-0.15, -0.1) is 5.10 Å². The quantitative estimate of drug-likeness (QED) is 0.00917. The SMILES string of the molecule is COc1cccc2cc(-c3nc(C4CCC(C(=O)NCCOCCOCCOCCOCCOCCOCCOCCOCCn5cc(CCCCO[C@@H]6CC[C@@H](C[C@@H](N)[C@@H]7CC(=O)[C@H](C)/C=C(\C)[C@@H](O)[C@@H](OC)C(=O)[C@H](C)C[C@H](C)/C=C/C=C/C=C(\C)[C@@H](OC)C[C@@H]8CC[C@@H](C)[C@@](O)(O8)C(=O)C(=O)N8CCCC[C@H]8C(=O)O7)C[C@H]6OC)nn5)CC4)n4ncnc(N)c34)[nH]c12. The van der Waals surface area contributed by atoms with Gasteiger partial charge in [0.05, 0.1) is 161 Å². The maximum atomic E-state index is 14.7. The number of Topliss-reactive ketones (excluding diaryl/α,β-unsaturated/α-hetero) is 3. The van der Waals surface area contributed by atoms with Crippen LogP contribution in [0.25, 0.3) is 27.8 Å². The number of aryl methyl sites for hydroxylation is 1. The Kier molecular flexibility index (Phi) is 43.3. The highest BCUT2D eigenvalue weighted by molar-refractivity contribution is 6.39. The molecule has 130 heavy (non-hydrogen) atoms. The van der Waals surface area contributed by atoms with E-state index in [1.54, 1.807) is 57.4 Å². The van der Waals surface area contributed by atoms with Crippen LogP contribution in [0.1, 0.15) is 175 Å². The average molecular weight is 1820 g/mol. The number of aromatic amines is 1. The zero-order chi connectivity index (χ0) is 92.9. The Morgan fingerprint density at radius 3 is 2.07 bits per heavy atom. The van der Waals surface area contributed by atoms with Gasteiger partial charge in [-0.25, -0.2) is 24.0 Å². The molecule has 2 saturated heterocycles. The number of hydrogen-bond donors (Lipinski definition) is 6. The number of nitrogens with one attached hydrogen (secondary N) is 2. The Balaban J connectivity index is 0.540. The zero-order valence-corrected chi connectivity index (χ0v) is 77.9. The highest BCUT2D eigenvalue weighted by atomic mass is 16.6. The number of esters is 1. The van der Waals surface area contributed by atoms with Gasteiger partial charge in [0.1, 0.15) is 59.2 Å². The van der Waals surface area contributed by atoms with Crippen molar-refractivity contribution in [2.24, 2.45) is 41.2 Å². The summed E-state index contributed by atoms with van der Waals surface area (Å²) in [5, 5.41) is 41.0. The summed E-state index contributed by atoms with van der Waals surface area (Å²) in [6, 6.07) is 5.80. The molecule has 35 heteroatoms. The summed E-state index contributed by atoms with van der Waals surface area (Å²) in [7, 11) is 6.24. The number of fused-ring (bicyclic) bond motifs is 5. The van der Waals surface area contributed by atoms with Crippen LogP contribution in [0.3, 0.4) is 0 Å². The molecule has 5 aliphatic rings. The minimum atomic E-state index is -2.48. The first-order chi connectivity index (χ1) is 62.9. The number of hydrogen-bond acceptors (Lipinski definition) is 30. The first kappa shape index (κ1) is 104. The third-order valence-electron chi connectivity index (χ3n) is 25.6. The van der Waals surface area contributed by atoms with Crippen LogP contribution in [0.4, 0.5) is 5.82 Å². The molecule has 0 spiro atoms. The number of methoxy groups -OCH3 is 4. The number of ketones is 3. The predicted molar refractivity (Wildman–Crippen MR) is 484 cm³/mol. The number of imidazole rings is 1. The Labute approximate surface area is 764 Å². The van der Waals surface area contributed by atoms with E-state index >= 15 is 0 Å². The minimum absolute atomic E-state index is 0.0138. The van der Waals surface area contributed by atoms with Crippen molar-refractivity contribution >= 4 is 57.4 Å². The number of cyclic esters (lactones) is 1. The summed E-state index contributed by atoms with van der Waals surface area (Å²) in [6.07, 6.45) is 19.4.